The topological polar surface area (TPSA) is 41.6 Å². The van der Waals surface area contributed by atoms with Crippen LogP contribution in [0, 0.1) is 13.8 Å². The van der Waals surface area contributed by atoms with Crippen LogP contribution in [0.25, 0.3) is 0 Å². The van der Waals surface area contributed by atoms with E-state index in [1.165, 1.54) is 5.56 Å². The lowest BCUT2D eigenvalue weighted by Crippen LogP contribution is -2.44. The first-order valence-electron chi connectivity index (χ1n) is 7.46. The molecular weight excluding hydrogens is 276 g/mol. The molecule has 2 amide bonds. The summed E-state index contributed by atoms with van der Waals surface area (Å²) in [5.41, 5.74) is 3.99. The van der Waals surface area contributed by atoms with Crippen molar-refractivity contribution in [3.8, 4) is 5.75 Å². The van der Waals surface area contributed by atoms with E-state index in [4.69, 9.17) is 4.74 Å². The summed E-state index contributed by atoms with van der Waals surface area (Å²) in [6.45, 7) is 6.60. The van der Waals surface area contributed by atoms with Gasteiger partial charge in [0, 0.05) is 5.69 Å². The van der Waals surface area contributed by atoms with Gasteiger partial charge in [0.1, 0.15) is 11.9 Å². The van der Waals surface area contributed by atoms with E-state index in [0.29, 0.717) is 6.54 Å². The van der Waals surface area contributed by atoms with Crippen LogP contribution in [0.1, 0.15) is 18.1 Å². The molecule has 2 aromatic rings. The number of fused-ring (bicyclic) bond motifs is 1. The molecule has 22 heavy (non-hydrogen) atoms. The highest BCUT2D eigenvalue weighted by Gasteiger charge is 2.27. The van der Waals surface area contributed by atoms with Crippen LogP contribution in [-0.2, 0) is 0 Å². The minimum atomic E-state index is -0.133. The summed E-state index contributed by atoms with van der Waals surface area (Å²) in [4.78, 5) is 14.4. The summed E-state index contributed by atoms with van der Waals surface area (Å²) in [7, 11) is 0. The third kappa shape index (κ3) is 2.77. The third-order valence-electron chi connectivity index (χ3n) is 3.93. The number of aryl methyl sites for hydroxylation is 2. The average Bonchev–Trinajstić information content (AvgIpc) is 2.50. The first-order valence-corrected chi connectivity index (χ1v) is 7.46. The van der Waals surface area contributed by atoms with Gasteiger partial charge in [-0.1, -0.05) is 18.2 Å². The van der Waals surface area contributed by atoms with E-state index in [9.17, 15) is 4.79 Å². The number of ether oxygens (including phenoxy) is 1. The van der Waals surface area contributed by atoms with Crippen molar-refractivity contribution in [3.05, 3.63) is 53.6 Å². The number of rotatable bonds is 1. The number of urea groups is 1. The van der Waals surface area contributed by atoms with E-state index in [0.717, 1.165) is 22.7 Å². The molecule has 114 valence electrons. The molecule has 0 spiro atoms. The van der Waals surface area contributed by atoms with E-state index in [1.807, 2.05) is 56.3 Å². The second kappa shape index (κ2) is 5.72. The second-order valence-corrected chi connectivity index (χ2v) is 5.74. The minimum Gasteiger partial charge on any atom is -0.487 e. The Kier molecular flexibility index (Phi) is 3.75. The molecule has 1 heterocycles. The predicted molar refractivity (Wildman–Crippen MR) is 88.8 cm³/mol. The van der Waals surface area contributed by atoms with Crippen LogP contribution in [0.3, 0.4) is 0 Å². The van der Waals surface area contributed by atoms with Gasteiger partial charge in [0.15, 0.2) is 0 Å². The third-order valence-corrected chi connectivity index (χ3v) is 3.93. The van der Waals surface area contributed by atoms with Crippen molar-refractivity contribution in [1.82, 2.24) is 0 Å². The summed E-state index contributed by atoms with van der Waals surface area (Å²) in [6, 6.07) is 13.4. The van der Waals surface area contributed by atoms with Gasteiger partial charge in [-0.25, -0.2) is 4.79 Å². The van der Waals surface area contributed by atoms with E-state index >= 15 is 0 Å². The van der Waals surface area contributed by atoms with Crippen molar-refractivity contribution < 1.29 is 9.53 Å². The lowest BCUT2D eigenvalue weighted by Gasteiger charge is -2.33. The van der Waals surface area contributed by atoms with Crippen molar-refractivity contribution >= 4 is 17.4 Å². The number of hydrogen-bond acceptors (Lipinski definition) is 2. The quantitative estimate of drug-likeness (QED) is 0.860. The fraction of sp³-hybridized carbons (Fsp3) is 0.278. The van der Waals surface area contributed by atoms with Gasteiger partial charge in [-0.2, -0.15) is 0 Å². The van der Waals surface area contributed by atoms with Crippen LogP contribution in [-0.4, -0.2) is 18.7 Å². The molecule has 3 rings (SSSR count). The summed E-state index contributed by atoms with van der Waals surface area (Å²) >= 11 is 0. The first-order chi connectivity index (χ1) is 10.5. The van der Waals surface area contributed by atoms with Gasteiger partial charge in [0.05, 0.1) is 12.2 Å². The van der Waals surface area contributed by atoms with E-state index in [-0.39, 0.29) is 12.1 Å². The van der Waals surface area contributed by atoms with Gasteiger partial charge in [-0.05, 0) is 56.2 Å². The van der Waals surface area contributed by atoms with Crippen molar-refractivity contribution in [2.24, 2.45) is 0 Å². The summed E-state index contributed by atoms with van der Waals surface area (Å²) in [5, 5.41) is 2.97. The molecule has 1 aliphatic rings. The molecule has 0 saturated carbocycles. The summed E-state index contributed by atoms with van der Waals surface area (Å²) in [6.07, 6.45) is -0.0274. The molecule has 1 aliphatic heterocycles. The highest BCUT2D eigenvalue weighted by Crippen LogP contribution is 2.33. The largest absolute Gasteiger partial charge is 0.487 e. The van der Waals surface area contributed by atoms with Crippen molar-refractivity contribution in [2.75, 3.05) is 16.8 Å². The number of amides is 2. The molecule has 0 saturated heterocycles. The maximum Gasteiger partial charge on any atom is 0.326 e. The maximum atomic E-state index is 12.6. The number of nitrogens with zero attached hydrogens (tertiary/aromatic N) is 1. The van der Waals surface area contributed by atoms with E-state index < -0.39 is 0 Å². The Bertz CT molecular complexity index is 712. The van der Waals surface area contributed by atoms with Gasteiger partial charge >= 0.3 is 6.03 Å². The summed E-state index contributed by atoms with van der Waals surface area (Å²) < 4.78 is 5.78. The molecule has 0 aromatic heterocycles. The Morgan fingerprint density at radius 2 is 1.95 bits per heavy atom. The van der Waals surface area contributed by atoms with Gasteiger partial charge in [0.25, 0.3) is 0 Å². The SMILES string of the molecule is Cc1ccc(NC(=O)N2CC(C)Oc3ccccc32)cc1C. The number of carbonyl (C=O) groups excluding carboxylic acids is 1. The zero-order valence-electron chi connectivity index (χ0n) is 13.1. The minimum absolute atomic E-state index is 0.0274. The average molecular weight is 296 g/mol. The van der Waals surface area contributed by atoms with Crippen LogP contribution in [0.5, 0.6) is 5.75 Å². The van der Waals surface area contributed by atoms with Gasteiger partial charge in [0.2, 0.25) is 0 Å². The normalized spacial score (nSPS) is 16.7. The van der Waals surface area contributed by atoms with Crippen LogP contribution >= 0.6 is 0 Å². The zero-order chi connectivity index (χ0) is 15.7. The molecule has 1 unspecified atom stereocenters. The van der Waals surface area contributed by atoms with E-state index in [1.54, 1.807) is 4.90 Å². The lowest BCUT2D eigenvalue weighted by atomic mass is 10.1. The number of benzene rings is 2. The number of hydrogen-bond donors (Lipinski definition) is 1. The fourth-order valence-corrected chi connectivity index (χ4v) is 2.59. The Balaban J connectivity index is 1.84. The Hall–Kier alpha value is -2.49. The molecule has 4 nitrogen and oxygen atoms in total. The Morgan fingerprint density at radius 3 is 2.73 bits per heavy atom. The fourth-order valence-electron chi connectivity index (χ4n) is 2.59. The number of carbonyl (C=O) groups is 1. The summed E-state index contributed by atoms with van der Waals surface area (Å²) in [5.74, 6) is 0.747. The van der Waals surface area contributed by atoms with Crippen molar-refractivity contribution in [3.63, 3.8) is 0 Å². The molecule has 4 heteroatoms. The molecule has 2 aromatic carbocycles. The van der Waals surface area contributed by atoms with Gasteiger partial charge in [-0.15, -0.1) is 0 Å². The molecular formula is C18H20N2O2. The Morgan fingerprint density at radius 1 is 1.18 bits per heavy atom. The highest BCUT2D eigenvalue weighted by atomic mass is 16.5. The van der Waals surface area contributed by atoms with Crippen LogP contribution < -0.4 is 15.0 Å². The standard InChI is InChI=1S/C18H20N2O2/c1-12-8-9-15(10-13(12)2)19-18(21)20-11-14(3)22-17-7-5-4-6-16(17)20/h4-10,14H,11H2,1-3H3,(H,19,21). The van der Waals surface area contributed by atoms with Crippen LogP contribution in [0.2, 0.25) is 0 Å². The number of nitrogens with one attached hydrogen (secondary N) is 1. The van der Waals surface area contributed by atoms with Gasteiger partial charge in [-0.3, -0.25) is 4.90 Å². The number of para-hydroxylation sites is 2. The molecule has 0 fully saturated rings. The Labute approximate surface area is 130 Å². The zero-order valence-corrected chi connectivity index (χ0v) is 13.1. The second-order valence-electron chi connectivity index (χ2n) is 5.74. The van der Waals surface area contributed by atoms with Crippen molar-refractivity contribution in [1.29, 1.82) is 0 Å². The first kappa shape index (κ1) is 14.4. The van der Waals surface area contributed by atoms with E-state index in [2.05, 4.69) is 12.2 Å². The van der Waals surface area contributed by atoms with Crippen LogP contribution in [0.15, 0.2) is 42.5 Å². The highest BCUT2D eigenvalue weighted by molar-refractivity contribution is 6.03. The number of anilines is 2. The predicted octanol–water partition coefficient (Wildman–Crippen LogP) is 4.12. The van der Waals surface area contributed by atoms with Crippen molar-refractivity contribution in [2.45, 2.75) is 26.9 Å². The van der Waals surface area contributed by atoms with Gasteiger partial charge < -0.3 is 10.1 Å². The lowest BCUT2D eigenvalue weighted by molar-refractivity contribution is 0.208. The molecule has 0 aliphatic carbocycles. The van der Waals surface area contributed by atoms with Crippen LogP contribution in [0.4, 0.5) is 16.2 Å². The molecule has 1 atom stereocenters. The molecule has 0 radical (unpaired) electrons. The molecule has 0 bridgehead atoms. The monoisotopic (exact) mass is 296 g/mol. The molecule has 1 N–H and O–H groups in total. The maximum absolute atomic E-state index is 12.6. The smallest absolute Gasteiger partial charge is 0.326 e.